The minimum Gasteiger partial charge on any atom is -0.351 e. The number of aryl methyl sites for hydroxylation is 2. The van der Waals surface area contributed by atoms with E-state index in [-0.39, 0.29) is 5.91 Å². The van der Waals surface area contributed by atoms with Crippen LogP contribution in [0.1, 0.15) is 16.9 Å². The second kappa shape index (κ2) is 6.19. The summed E-state index contributed by atoms with van der Waals surface area (Å²) < 4.78 is 3.45. The van der Waals surface area contributed by atoms with Gasteiger partial charge in [0.2, 0.25) is 0 Å². The fourth-order valence-electron chi connectivity index (χ4n) is 2.36. The number of amides is 1. The molecular formula is C15H16ClN5O. The van der Waals surface area contributed by atoms with Gasteiger partial charge in [-0.05, 0) is 24.6 Å². The largest absolute Gasteiger partial charge is 0.351 e. The molecule has 3 aromatic rings. The number of halogens is 1. The van der Waals surface area contributed by atoms with Crippen molar-refractivity contribution in [3.8, 4) is 0 Å². The first-order chi connectivity index (χ1) is 10.7. The van der Waals surface area contributed by atoms with Crippen molar-refractivity contribution in [1.29, 1.82) is 0 Å². The summed E-state index contributed by atoms with van der Waals surface area (Å²) in [5, 5.41) is 12.9. The molecule has 0 radical (unpaired) electrons. The average Bonchev–Trinajstić information content (AvgIpc) is 3.11. The van der Waals surface area contributed by atoms with Crippen molar-refractivity contribution in [3.63, 3.8) is 0 Å². The molecule has 0 unspecified atom stereocenters. The zero-order chi connectivity index (χ0) is 15.5. The van der Waals surface area contributed by atoms with Crippen molar-refractivity contribution in [2.45, 2.75) is 13.0 Å². The fourth-order valence-corrected chi connectivity index (χ4v) is 2.58. The highest BCUT2D eigenvalue weighted by molar-refractivity contribution is 6.35. The van der Waals surface area contributed by atoms with Gasteiger partial charge < -0.3 is 5.32 Å². The SMILES string of the molecule is Cn1nccc1C(=O)NCCCn1ncc2c(Cl)cccc21. The minimum absolute atomic E-state index is 0.117. The third-order valence-corrected chi connectivity index (χ3v) is 3.85. The highest BCUT2D eigenvalue weighted by Crippen LogP contribution is 2.22. The molecule has 22 heavy (non-hydrogen) atoms. The maximum Gasteiger partial charge on any atom is 0.269 e. The van der Waals surface area contributed by atoms with Gasteiger partial charge in [0.15, 0.2) is 0 Å². The van der Waals surface area contributed by atoms with Gasteiger partial charge >= 0.3 is 0 Å². The normalized spacial score (nSPS) is 11.0. The Hall–Kier alpha value is -2.34. The molecule has 0 aliphatic heterocycles. The molecule has 0 fully saturated rings. The first-order valence-corrected chi connectivity index (χ1v) is 7.41. The summed E-state index contributed by atoms with van der Waals surface area (Å²) in [6.07, 6.45) is 4.16. The molecule has 2 heterocycles. The molecule has 114 valence electrons. The molecule has 1 aromatic carbocycles. The van der Waals surface area contributed by atoms with Crippen LogP contribution in [0.25, 0.3) is 10.9 Å². The van der Waals surface area contributed by atoms with E-state index >= 15 is 0 Å². The molecule has 0 spiro atoms. The number of hydrogen-bond acceptors (Lipinski definition) is 3. The van der Waals surface area contributed by atoms with E-state index in [4.69, 9.17) is 11.6 Å². The van der Waals surface area contributed by atoms with Crippen molar-refractivity contribution in [2.75, 3.05) is 6.54 Å². The Morgan fingerprint density at radius 1 is 1.32 bits per heavy atom. The number of carbonyl (C=O) groups excluding carboxylic acids is 1. The number of fused-ring (bicyclic) bond motifs is 1. The fraction of sp³-hybridized carbons (Fsp3) is 0.267. The maximum atomic E-state index is 11.9. The Morgan fingerprint density at radius 3 is 2.95 bits per heavy atom. The van der Waals surface area contributed by atoms with Gasteiger partial charge in [0.1, 0.15) is 5.69 Å². The number of hydrogen-bond donors (Lipinski definition) is 1. The van der Waals surface area contributed by atoms with E-state index in [2.05, 4.69) is 15.5 Å². The van der Waals surface area contributed by atoms with Crippen molar-refractivity contribution < 1.29 is 4.79 Å². The molecule has 0 atom stereocenters. The number of benzene rings is 1. The van der Waals surface area contributed by atoms with Crippen LogP contribution in [0.15, 0.2) is 36.7 Å². The van der Waals surface area contributed by atoms with Crippen LogP contribution in [-0.2, 0) is 13.6 Å². The van der Waals surface area contributed by atoms with E-state index in [1.54, 1.807) is 30.2 Å². The molecule has 0 saturated heterocycles. The highest BCUT2D eigenvalue weighted by Gasteiger charge is 2.09. The third kappa shape index (κ3) is 2.82. The second-order valence-corrected chi connectivity index (χ2v) is 5.40. The molecule has 1 amide bonds. The van der Waals surface area contributed by atoms with Crippen LogP contribution in [0.2, 0.25) is 5.02 Å². The topological polar surface area (TPSA) is 64.7 Å². The first-order valence-electron chi connectivity index (χ1n) is 7.03. The first kappa shape index (κ1) is 14.6. The lowest BCUT2D eigenvalue weighted by molar-refractivity contribution is 0.0943. The van der Waals surface area contributed by atoms with Crippen molar-refractivity contribution in [1.82, 2.24) is 24.9 Å². The van der Waals surface area contributed by atoms with Crippen LogP contribution in [-0.4, -0.2) is 32.0 Å². The minimum atomic E-state index is -0.117. The summed E-state index contributed by atoms with van der Waals surface area (Å²) in [6.45, 7) is 1.29. The van der Waals surface area contributed by atoms with Crippen LogP contribution in [0.4, 0.5) is 0 Å². The van der Waals surface area contributed by atoms with E-state index in [1.165, 1.54) is 0 Å². The molecule has 0 bridgehead atoms. The summed E-state index contributed by atoms with van der Waals surface area (Å²) in [7, 11) is 1.74. The third-order valence-electron chi connectivity index (χ3n) is 3.52. The highest BCUT2D eigenvalue weighted by atomic mass is 35.5. The van der Waals surface area contributed by atoms with E-state index in [0.29, 0.717) is 17.3 Å². The van der Waals surface area contributed by atoms with E-state index < -0.39 is 0 Å². The van der Waals surface area contributed by atoms with Crippen LogP contribution < -0.4 is 5.32 Å². The van der Waals surface area contributed by atoms with Crippen LogP contribution >= 0.6 is 11.6 Å². The quantitative estimate of drug-likeness (QED) is 0.734. The van der Waals surface area contributed by atoms with E-state index in [1.807, 2.05) is 22.9 Å². The number of aromatic nitrogens is 4. The summed E-state index contributed by atoms with van der Waals surface area (Å²) >= 11 is 6.13. The van der Waals surface area contributed by atoms with Gasteiger partial charge in [0.25, 0.3) is 5.91 Å². The number of carbonyl (C=O) groups is 1. The zero-order valence-corrected chi connectivity index (χ0v) is 12.9. The Kier molecular flexibility index (Phi) is 4.11. The molecule has 7 heteroatoms. The average molecular weight is 318 g/mol. The van der Waals surface area contributed by atoms with Gasteiger partial charge in [-0.1, -0.05) is 17.7 Å². The summed E-state index contributed by atoms with van der Waals surface area (Å²) in [5.41, 5.74) is 1.56. The number of rotatable bonds is 5. The molecular weight excluding hydrogens is 302 g/mol. The van der Waals surface area contributed by atoms with Gasteiger partial charge in [-0.15, -0.1) is 0 Å². The number of nitrogens with zero attached hydrogens (tertiary/aromatic N) is 4. The van der Waals surface area contributed by atoms with Gasteiger partial charge in [-0.2, -0.15) is 10.2 Å². The maximum absolute atomic E-state index is 11.9. The predicted octanol–water partition coefficient (Wildman–Crippen LogP) is 2.24. The monoisotopic (exact) mass is 317 g/mol. The summed E-state index contributed by atoms with van der Waals surface area (Å²) in [4.78, 5) is 11.9. The molecule has 1 N–H and O–H groups in total. The van der Waals surface area contributed by atoms with Gasteiger partial charge in [-0.25, -0.2) is 0 Å². The summed E-state index contributed by atoms with van der Waals surface area (Å²) in [6, 6.07) is 7.44. The van der Waals surface area contributed by atoms with Gasteiger partial charge in [-0.3, -0.25) is 14.2 Å². The van der Waals surface area contributed by atoms with E-state index in [9.17, 15) is 4.79 Å². The Balaban J connectivity index is 1.56. The van der Waals surface area contributed by atoms with Crippen LogP contribution in [0.3, 0.4) is 0 Å². The van der Waals surface area contributed by atoms with Crippen LogP contribution in [0, 0.1) is 0 Å². The smallest absolute Gasteiger partial charge is 0.269 e. The van der Waals surface area contributed by atoms with Crippen molar-refractivity contribution >= 4 is 28.4 Å². The Bertz CT molecular complexity index is 807. The lowest BCUT2D eigenvalue weighted by atomic mass is 10.2. The molecule has 0 saturated carbocycles. The summed E-state index contributed by atoms with van der Waals surface area (Å²) in [5.74, 6) is -0.117. The zero-order valence-electron chi connectivity index (χ0n) is 12.2. The van der Waals surface area contributed by atoms with Crippen molar-refractivity contribution in [3.05, 3.63) is 47.4 Å². The second-order valence-electron chi connectivity index (χ2n) is 4.99. The molecule has 6 nitrogen and oxygen atoms in total. The lowest BCUT2D eigenvalue weighted by Gasteiger charge is -2.06. The van der Waals surface area contributed by atoms with Crippen LogP contribution in [0.5, 0.6) is 0 Å². The standard InChI is InChI=1S/C15H16ClN5O/c1-20-14(6-8-18-20)15(22)17-7-3-9-21-13-5-2-4-12(16)11(13)10-19-21/h2,4-6,8,10H,3,7,9H2,1H3,(H,17,22). The molecule has 3 rings (SSSR count). The lowest BCUT2D eigenvalue weighted by Crippen LogP contribution is -2.27. The Labute approximate surface area is 132 Å². The molecule has 0 aliphatic rings. The number of nitrogens with one attached hydrogen (secondary N) is 1. The predicted molar refractivity (Wildman–Crippen MR) is 84.9 cm³/mol. The van der Waals surface area contributed by atoms with Gasteiger partial charge in [0.05, 0.1) is 16.7 Å². The Morgan fingerprint density at radius 2 is 2.18 bits per heavy atom. The molecule has 0 aliphatic carbocycles. The van der Waals surface area contributed by atoms with Crippen molar-refractivity contribution in [2.24, 2.45) is 7.05 Å². The molecule has 2 aromatic heterocycles. The van der Waals surface area contributed by atoms with Gasteiger partial charge in [0, 0.05) is 31.7 Å². The van der Waals surface area contributed by atoms with E-state index in [0.717, 1.165) is 23.9 Å².